The van der Waals surface area contributed by atoms with Crippen molar-refractivity contribution in [1.82, 2.24) is 0 Å². The van der Waals surface area contributed by atoms with Crippen molar-refractivity contribution in [2.75, 3.05) is 5.32 Å². The van der Waals surface area contributed by atoms with E-state index in [9.17, 15) is 4.79 Å². The van der Waals surface area contributed by atoms with Gasteiger partial charge >= 0.3 is 0 Å². The van der Waals surface area contributed by atoms with Crippen LogP contribution in [0.5, 0.6) is 0 Å². The van der Waals surface area contributed by atoms with Crippen molar-refractivity contribution in [3.63, 3.8) is 0 Å². The summed E-state index contributed by atoms with van der Waals surface area (Å²) in [6, 6.07) is 7.68. The van der Waals surface area contributed by atoms with Crippen LogP contribution in [0, 0.1) is 13.8 Å². The second kappa shape index (κ2) is 3.90. The van der Waals surface area contributed by atoms with Crippen molar-refractivity contribution in [2.24, 2.45) is 0 Å². The number of hydrogen-bond acceptors (Lipinski definition) is 1. The predicted molar refractivity (Wildman–Crippen MR) is 49.8 cm³/mol. The van der Waals surface area contributed by atoms with E-state index in [0.29, 0.717) is 0 Å². The maximum Gasteiger partial charge on any atom is 0.224 e. The average molecular weight is 162 g/mol. The molecule has 0 aliphatic carbocycles. The third-order valence-electron chi connectivity index (χ3n) is 1.53. The Morgan fingerprint density at radius 1 is 1.58 bits per heavy atom. The van der Waals surface area contributed by atoms with Crippen LogP contribution in [-0.2, 0) is 4.79 Å². The summed E-state index contributed by atoms with van der Waals surface area (Å²) < 4.78 is 0. The van der Waals surface area contributed by atoms with Crippen LogP contribution in [0.15, 0.2) is 24.3 Å². The third-order valence-corrected chi connectivity index (χ3v) is 1.53. The highest BCUT2D eigenvalue weighted by Gasteiger charge is 1.97. The molecule has 0 saturated heterocycles. The number of anilines is 1. The van der Waals surface area contributed by atoms with Gasteiger partial charge in [0.1, 0.15) is 0 Å². The van der Waals surface area contributed by atoms with E-state index in [-0.39, 0.29) is 12.3 Å². The number of carbonyl (C=O) groups excluding carboxylic acids is 1. The molecule has 0 aliphatic heterocycles. The summed E-state index contributed by atoms with van der Waals surface area (Å²) in [5.74, 6) is -0.0550. The van der Waals surface area contributed by atoms with E-state index < -0.39 is 0 Å². The van der Waals surface area contributed by atoms with E-state index in [1.807, 2.05) is 31.2 Å². The molecule has 0 spiro atoms. The number of rotatable bonds is 2. The van der Waals surface area contributed by atoms with Gasteiger partial charge < -0.3 is 5.32 Å². The Morgan fingerprint density at radius 2 is 2.33 bits per heavy atom. The molecule has 0 fully saturated rings. The van der Waals surface area contributed by atoms with Gasteiger partial charge in [0.25, 0.3) is 0 Å². The molecule has 2 nitrogen and oxygen atoms in total. The van der Waals surface area contributed by atoms with Gasteiger partial charge in [-0.25, -0.2) is 0 Å². The van der Waals surface area contributed by atoms with E-state index in [1.54, 1.807) is 0 Å². The number of amides is 1. The molecule has 1 aromatic rings. The van der Waals surface area contributed by atoms with Crippen molar-refractivity contribution in [2.45, 2.75) is 13.3 Å². The van der Waals surface area contributed by atoms with Crippen molar-refractivity contribution >= 4 is 11.6 Å². The molecule has 12 heavy (non-hydrogen) atoms. The van der Waals surface area contributed by atoms with Crippen molar-refractivity contribution in [3.05, 3.63) is 36.8 Å². The monoisotopic (exact) mass is 162 g/mol. The topological polar surface area (TPSA) is 29.1 Å². The first-order chi connectivity index (χ1) is 5.72. The molecule has 0 unspecified atom stereocenters. The maximum atomic E-state index is 10.9. The van der Waals surface area contributed by atoms with Crippen molar-refractivity contribution < 1.29 is 4.79 Å². The largest absolute Gasteiger partial charge is 0.326 e. The molecule has 1 radical (unpaired) electrons. The number of aryl methyl sites for hydroxylation is 1. The lowest BCUT2D eigenvalue weighted by Gasteiger charge is -2.03. The highest BCUT2D eigenvalue weighted by atomic mass is 16.1. The molecule has 0 heterocycles. The average Bonchev–Trinajstić information content (AvgIpc) is 2.04. The molecule has 0 bridgehead atoms. The minimum absolute atomic E-state index is 0.0550. The molecular weight excluding hydrogens is 150 g/mol. The molecule has 0 aliphatic rings. The Kier molecular flexibility index (Phi) is 2.86. The first-order valence-electron chi connectivity index (χ1n) is 3.88. The van der Waals surface area contributed by atoms with Crippen LogP contribution in [0.2, 0.25) is 0 Å². The standard InChI is InChI=1S/C10H12NO/c1-3-10(12)11-9-6-4-5-8(2)7-9/h4-7H,1,3H2,2H3,(H,11,12). The molecule has 2 heteroatoms. The van der Waals surface area contributed by atoms with Crippen LogP contribution in [0.4, 0.5) is 5.69 Å². The first kappa shape index (κ1) is 8.78. The minimum Gasteiger partial charge on any atom is -0.326 e. The fourth-order valence-corrected chi connectivity index (χ4v) is 0.946. The van der Waals surface area contributed by atoms with Crippen LogP contribution in [0.1, 0.15) is 12.0 Å². The zero-order valence-electron chi connectivity index (χ0n) is 7.13. The molecule has 0 saturated carbocycles. The van der Waals surface area contributed by atoms with Crippen LogP contribution in [0.25, 0.3) is 0 Å². The highest BCUT2D eigenvalue weighted by molar-refractivity contribution is 5.91. The fraction of sp³-hybridized carbons (Fsp3) is 0.200. The maximum absolute atomic E-state index is 10.9. The first-order valence-corrected chi connectivity index (χ1v) is 3.88. The number of hydrogen-bond donors (Lipinski definition) is 1. The molecule has 1 amide bonds. The normalized spacial score (nSPS) is 9.50. The fourth-order valence-electron chi connectivity index (χ4n) is 0.946. The zero-order chi connectivity index (χ0) is 8.97. The van der Waals surface area contributed by atoms with Gasteiger partial charge in [-0.2, -0.15) is 0 Å². The molecule has 0 aromatic heterocycles. The van der Waals surface area contributed by atoms with Crippen LogP contribution in [0.3, 0.4) is 0 Å². The molecular formula is C10H12NO. The van der Waals surface area contributed by atoms with Gasteiger partial charge in [0.05, 0.1) is 0 Å². The molecule has 0 atom stereocenters. The Labute approximate surface area is 72.6 Å². The van der Waals surface area contributed by atoms with Crippen LogP contribution >= 0.6 is 0 Å². The molecule has 63 valence electrons. The lowest BCUT2D eigenvalue weighted by atomic mass is 10.2. The summed E-state index contributed by atoms with van der Waals surface area (Å²) in [6.45, 7) is 5.48. The summed E-state index contributed by atoms with van der Waals surface area (Å²) in [5, 5.41) is 2.73. The van der Waals surface area contributed by atoms with Gasteiger partial charge in [-0.15, -0.1) is 0 Å². The number of benzene rings is 1. The summed E-state index contributed by atoms with van der Waals surface area (Å²) >= 11 is 0. The van der Waals surface area contributed by atoms with Gasteiger partial charge in [0.15, 0.2) is 0 Å². The van der Waals surface area contributed by atoms with Gasteiger partial charge in [0, 0.05) is 12.1 Å². The molecule has 1 N–H and O–H groups in total. The summed E-state index contributed by atoms with van der Waals surface area (Å²) in [7, 11) is 0. The SMILES string of the molecule is [CH2]CC(=O)Nc1cccc(C)c1. The Morgan fingerprint density at radius 3 is 2.92 bits per heavy atom. The second-order valence-corrected chi connectivity index (χ2v) is 2.67. The Bertz CT molecular complexity index is 281. The molecule has 1 rings (SSSR count). The van der Waals surface area contributed by atoms with E-state index in [4.69, 9.17) is 0 Å². The quantitative estimate of drug-likeness (QED) is 0.709. The van der Waals surface area contributed by atoms with E-state index in [0.717, 1.165) is 11.3 Å². The van der Waals surface area contributed by atoms with E-state index >= 15 is 0 Å². The summed E-state index contributed by atoms with van der Waals surface area (Å²) in [5.41, 5.74) is 1.97. The van der Waals surface area contributed by atoms with Gasteiger partial charge in [-0.05, 0) is 31.5 Å². The van der Waals surface area contributed by atoms with Crippen LogP contribution in [-0.4, -0.2) is 5.91 Å². The number of carbonyl (C=O) groups is 1. The van der Waals surface area contributed by atoms with E-state index in [1.165, 1.54) is 0 Å². The molecule has 1 aromatic carbocycles. The van der Waals surface area contributed by atoms with Gasteiger partial charge in [0.2, 0.25) is 5.91 Å². The van der Waals surface area contributed by atoms with E-state index in [2.05, 4.69) is 12.2 Å². The smallest absolute Gasteiger partial charge is 0.224 e. The Balaban J connectivity index is 2.69. The predicted octanol–water partition coefficient (Wildman–Crippen LogP) is 2.16. The lowest BCUT2D eigenvalue weighted by Crippen LogP contribution is -2.09. The Hall–Kier alpha value is -1.31. The van der Waals surface area contributed by atoms with Crippen LogP contribution < -0.4 is 5.32 Å². The minimum atomic E-state index is -0.0550. The summed E-state index contributed by atoms with van der Waals surface area (Å²) in [6.07, 6.45) is 0.272. The van der Waals surface area contributed by atoms with Crippen molar-refractivity contribution in [1.29, 1.82) is 0 Å². The van der Waals surface area contributed by atoms with Gasteiger partial charge in [-0.1, -0.05) is 12.1 Å². The highest BCUT2D eigenvalue weighted by Crippen LogP contribution is 2.09. The second-order valence-electron chi connectivity index (χ2n) is 2.67. The zero-order valence-corrected chi connectivity index (χ0v) is 7.13. The lowest BCUT2D eigenvalue weighted by molar-refractivity contribution is -0.115. The summed E-state index contributed by atoms with van der Waals surface area (Å²) in [4.78, 5) is 10.9. The third kappa shape index (κ3) is 2.38. The number of nitrogens with one attached hydrogen (secondary N) is 1. The van der Waals surface area contributed by atoms with Crippen molar-refractivity contribution in [3.8, 4) is 0 Å². The van der Waals surface area contributed by atoms with Gasteiger partial charge in [-0.3, -0.25) is 4.79 Å².